The summed E-state index contributed by atoms with van der Waals surface area (Å²) in [6.45, 7) is -0.431. The number of hydrogen-bond acceptors (Lipinski definition) is 4. The summed E-state index contributed by atoms with van der Waals surface area (Å²) < 4.78 is 39.0. The molecule has 28 heavy (non-hydrogen) atoms. The predicted octanol–water partition coefficient (Wildman–Crippen LogP) is 2.03. The van der Waals surface area contributed by atoms with Gasteiger partial charge in [-0.05, 0) is 31.0 Å². The van der Waals surface area contributed by atoms with Crippen LogP contribution in [0, 0.1) is 0 Å². The molecule has 4 rings (SSSR count). The number of fused-ring (bicyclic) bond motifs is 1. The van der Waals surface area contributed by atoms with Crippen molar-refractivity contribution in [2.24, 2.45) is 0 Å². The van der Waals surface area contributed by atoms with Gasteiger partial charge in [-0.2, -0.15) is 18.3 Å². The summed E-state index contributed by atoms with van der Waals surface area (Å²) in [6.07, 6.45) is -1.49. The van der Waals surface area contributed by atoms with Crippen molar-refractivity contribution in [2.75, 3.05) is 13.1 Å². The van der Waals surface area contributed by atoms with Gasteiger partial charge < -0.3 is 9.88 Å². The Morgan fingerprint density at radius 3 is 2.86 bits per heavy atom. The molecule has 1 aliphatic rings. The van der Waals surface area contributed by atoms with E-state index in [0.29, 0.717) is 23.5 Å². The van der Waals surface area contributed by atoms with Crippen LogP contribution in [0.4, 0.5) is 13.2 Å². The van der Waals surface area contributed by atoms with Crippen LogP contribution in [-0.2, 0) is 6.54 Å². The fourth-order valence-corrected chi connectivity index (χ4v) is 3.60. The van der Waals surface area contributed by atoms with Crippen LogP contribution < -0.4 is 5.69 Å². The second-order valence-electron chi connectivity index (χ2n) is 6.82. The van der Waals surface area contributed by atoms with E-state index in [9.17, 15) is 22.8 Å². The average Bonchev–Trinajstić information content (AvgIpc) is 3.29. The van der Waals surface area contributed by atoms with E-state index in [1.807, 2.05) is 0 Å². The van der Waals surface area contributed by atoms with Crippen molar-refractivity contribution in [3.63, 3.8) is 0 Å². The molecule has 0 bridgehead atoms. The maximum Gasteiger partial charge on any atom is 0.406 e. The average molecular weight is 394 g/mol. The van der Waals surface area contributed by atoms with Crippen LogP contribution in [0.3, 0.4) is 0 Å². The third kappa shape index (κ3) is 3.51. The number of nitrogens with one attached hydrogen (secondary N) is 2. The molecule has 148 valence electrons. The largest absolute Gasteiger partial charge is 0.406 e. The highest BCUT2D eigenvalue weighted by atomic mass is 19.4. The van der Waals surface area contributed by atoms with Crippen LogP contribution in [0.15, 0.2) is 29.3 Å². The number of aromatic amines is 2. The lowest BCUT2D eigenvalue weighted by Crippen LogP contribution is -2.39. The molecule has 11 heteroatoms. The van der Waals surface area contributed by atoms with Gasteiger partial charge in [0, 0.05) is 24.6 Å². The maximum absolute atomic E-state index is 12.9. The van der Waals surface area contributed by atoms with E-state index in [2.05, 4.69) is 20.2 Å². The molecule has 0 radical (unpaired) electrons. The van der Waals surface area contributed by atoms with Crippen LogP contribution >= 0.6 is 0 Å². The van der Waals surface area contributed by atoms with E-state index >= 15 is 0 Å². The fraction of sp³-hybridized carbons (Fsp3) is 0.412. The molecule has 2 N–H and O–H groups in total. The van der Waals surface area contributed by atoms with Gasteiger partial charge in [0.2, 0.25) is 0 Å². The molecule has 1 amide bonds. The fourth-order valence-electron chi connectivity index (χ4n) is 3.60. The Morgan fingerprint density at radius 1 is 1.32 bits per heavy atom. The minimum atomic E-state index is -4.55. The standard InChI is InChI=1S/C17H17F3N6O2/c18-17(19,20)8-26-13-6-10(3-4-12(13)23-16(26)28)15(27)25-5-1-2-11(7-25)14-21-9-22-24-14/h3-4,6,9,11H,1-2,5,7-8H2,(H,23,28)(H,21,22,24). The molecule has 1 aromatic carbocycles. The number of piperidine rings is 1. The molecule has 3 heterocycles. The number of alkyl halides is 3. The number of H-pyrrole nitrogens is 2. The first-order valence-corrected chi connectivity index (χ1v) is 8.76. The van der Waals surface area contributed by atoms with E-state index in [1.54, 1.807) is 4.90 Å². The zero-order chi connectivity index (χ0) is 19.9. The first-order chi connectivity index (χ1) is 13.3. The van der Waals surface area contributed by atoms with E-state index in [-0.39, 0.29) is 28.4 Å². The van der Waals surface area contributed by atoms with Crippen molar-refractivity contribution in [3.05, 3.63) is 46.4 Å². The molecule has 3 aromatic rings. The number of likely N-dealkylation sites (tertiary alicyclic amines) is 1. The van der Waals surface area contributed by atoms with Crippen LogP contribution in [0.2, 0.25) is 0 Å². The summed E-state index contributed by atoms with van der Waals surface area (Å²) in [5.74, 6) is 0.440. The molecule has 1 aliphatic heterocycles. The number of benzene rings is 1. The van der Waals surface area contributed by atoms with E-state index in [1.165, 1.54) is 24.5 Å². The zero-order valence-corrected chi connectivity index (χ0v) is 14.7. The number of hydrogen-bond donors (Lipinski definition) is 2. The second-order valence-corrected chi connectivity index (χ2v) is 6.82. The monoisotopic (exact) mass is 394 g/mol. The molecular weight excluding hydrogens is 377 g/mol. The number of aromatic nitrogens is 5. The maximum atomic E-state index is 12.9. The van der Waals surface area contributed by atoms with Gasteiger partial charge in [0.1, 0.15) is 18.7 Å². The van der Waals surface area contributed by atoms with Gasteiger partial charge in [0.05, 0.1) is 11.0 Å². The summed E-state index contributed by atoms with van der Waals surface area (Å²) in [5.41, 5.74) is -0.318. The number of rotatable bonds is 3. The number of carbonyl (C=O) groups is 1. The van der Waals surface area contributed by atoms with Gasteiger partial charge in [-0.25, -0.2) is 9.78 Å². The second kappa shape index (κ2) is 6.80. The number of halogens is 3. The first-order valence-electron chi connectivity index (χ1n) is 8.76. The highest BCUT2D eigenvalue weighted by Crippen LogP contribution is 2.26. The Balaban J connectivity index is 1.62. The van der Waals surface area contributed by atoms with Gasteiger partial charge in [0.15, 0.2) is 0 Å². The van der Waals surface area contributed by atoms with Gasteiger partial charge in [-0.3, -0.25) is 14.5 Å². The van der Waals surface area contributed by atoms with E-state index in [4.69, 9.17) is 0 Å². The molecule has 0 saturated carbocycles. The number of imidazole rings is 1. The van der Waals surface area contributed by atoms with Crippen LogP contribution in [0.25, 0.3) is 11.0 Å². The van der Waals surface area contributed by atoms with Crippen molar-refractivity contribution >= 4 is 16.9 Å². The quantitative estimate of drug-likeness (QED) is 0.710. The highest BCUT2D eigenvalue weighted by molar-refractivity contribution is 5.97. The van der Waals surface area contributed by atoms with Gasteiger partial charge in [-0.1, -0.05) is 0 Å². The normalized spacial score (nSPS) is 18.0. The van der Waals surface area contributed by atoms with Crippen molar-refractivity contribution in [1.82, 2.24) is 29.6 Å². The third-order valence-electron chi connectivity index (χ3n) is 4.89. The van der Waals surface area contributed by atoms with E-state index in [0.717, 1.165) is 12.8 Å². The lowest BCUT2D eigenvalue weighted by atomic mass is 9.96. The molecule has 0 spiro atoms. The summed E-state index contributed by atoms with van der Waals surface area (Å²) in [5, 5.41) is 6.65. The molecule has 1 atom stereocenters. The smallest absolute Gasteiger partial charge is 0.338 e. The lowest BCUT2D eigenvalue weighted by molar-refractivity contribution is -0.140. The van der Waals surface area contributed by atoms with Crippen LogP contribution in [0.1, 0.15) is 34.9 Å². The summed E-state index contributed by atoms with van der Waals surface area (Å²) in [7, 11) is 0. The number of carbonyl (C=O) groups excluding carboxylic acids is 1. The zero-order valence-electron chi connectivity index (χ0n) is 14.7. The molecule has 2 aromatic heterocycles. The lowest BCUT2D eigenvalue weighted by Gasteiger charge is -2.31. The Bertz CT molecular complexity index is 1050. The number of amides is 1. The summed E-state index contributed by atoms with van der Waals surface area (Å²) in [6, 6.07) is 4.30. The van der Waals surface area contributed by atoms with Crippen molar-refractivity contribution < 1.29 is 18.0 Å². The topological polar surface area (TPSA) is 99.7 Å². The molecule has 1 fully saturated rings. The molecule has 1 saturated heterocycles. The third-order valence-corrected chi connectivity index (χ3v) is 4.89. The summed E-state index contributed by atoms with van der Waals surface area (Å²) in [4.78, 5) is 33.0. The minimum absolute atomic E-state index is 0.0274. The minimum Gasteiger partial charge on any atom is -0.338 e. The van der Waals surface area contributed by atoms with Crippen LogP contribution in [-0.4, -0.2) is 54.8 Å². The van der Waals surface area contributed by atoms with Crippen molar-refractivity contribution in [3.8, 4) is 0 Å². The molecule has 8 nitrogen and oxygen atoms in total. The number of nitrogens with zero attached hydrogens (tertiary/aromatic N) is 4. The SMILES string of the molecule is O=C(c1ccc2[nH]c(=O)n(CC(F)(F)F)c2c1)N1CCCC(c2ncn[nH]2)C1. The molecule has 0 aliphatic carbocycles. The molecule has 1 unspecified atom stereocenters. The Kier molecular flexibility index (Phi) is 4.44. The van der Waals surface area contributed by atoms with Gasteiger partial charge in [-0.15, -0.1) is 0 Å². The van der Waals surface area contributed by atoms with E-state index < -0.39 is 18.4 Å². The Hall–Kier alpha value is -3.11. The Morgan fingerprint density at radius 2 is 2.14 bits per heavy atom. The highest BCUT2D eigenvalue weighted by Gasteiger charge is 2.31. The van der Waals surface area contributed by atoms with Crippen LogP contribution in [0.5, 0.6) is 0 Å². The van der Waals surface area contributed by atoms with Gasteiger partial charge in [0.25, 0.3) is 5.91 Å². The predicted molar refractivity (Wildman–Crippen MR) is 92.9 cm³/mol. The molecular formula is C17H17F3N6O2. The van der Waals surface area contributed by atoms with Gasteiger partial charge >= 0.3 is 11.9 Å². The van der Waals surface area contributed by atoms with Crippen molar-refractivity contribution in [2.45, 2.75) is 31.5 Å². The first kappa shape index (κ1) is 18.3. The van der Waals surface area contributed by atoms with Crippen molar-refractivity contribution in [1.29, 1.82) is 0 Å². The Labute approximate surface area is 156 Å². The summed E-state index contributed by atoms with van der Waals surface area (Å²) >= 11 is 0.